The molecule has 1 N–H and O–H groups in total. The molecule has 0 saturated heterocycles. The average Bonchev–Trinajstić information content (AvgIpc) is 2.67. The number of hydrogen-bond donors (Lipinski definition) is 1. The molecule has 4 nitrogen and oxygen atoms in total. The van der Waals surface area contributed by atoms with Crippen LogP contribution in [0.15, 0.2) is 71.6 Å². The highest BCUT2D eigenvalue weighted by atomic mass is 32.2. The van der Waals surface area contributed by atoms with Crippen molar-refractivity contribution in [3.63, 3.8) is 0 Å². The molecule has 0 heterocycles. The number of aliphatic carboxylic acids is 1. The minimum Gasteiger partial charge on any atom is -0.489 e. The van der Waals surface area contributed by atoms with Crippen LogP contribution in [0.1, 0.15) is 16.7 Å². The van der Waals surface area contributed by atoms with E-state index in [0.717, 1.165) is 28.3 Å². The second-order valence-electron chi connectivity index (χ2n) is 6.47. The Labute approximate surface area is 169 Å². The van der Waals surface area contributed by atoms with Crippen molar-refractivity contribution in [2.75, 3.05) is 6.61 Å². The molecule has 28 heavy (non-hydrogen) atoms. The zero-order chi connectivity index (χ0) is 19.9. The minimum atomic E-state index is -0.990. The molecule has 0 radical (unpaired) electrons. The Morgan fingerprint density at radius 3 is 2.32 bits per heavy atom. The lowest BCUT2D eigenvalue weighted by molar-refractivity contribution is -0.138. The van der Waals surface area contributed by atoms with E-state index in [1.54, 1.807) is 0 Å². The highest BCUT2D eigenvalue weighted by molar-refractivity contribution is 7.94. The van der Waals surface area contributed by atoms with Crippen molar-refractivity contribution in [3.8, 4) is 16.9 Å². The molecule has 5 heteroatoms. The van der Waals surface area contributed by atoms with E-state index in [-0.39, 0.29) is 6.61 Å². The van der Waals surface area contributed by atoms with Gasteiger partial charge in [-0.3, -0.25) is 4.18 Å². The Balaban J connectivity index is 1.63. The molecule has 0 atom stereocenters. The molecule has 3 aromatic carbocycles. The molecule has 3 rings (SSSR count). The summed E-state index contributed by atoms with van der Waals surface area (Å²) in [6, 6.07) is 22.1. The van der Waals surface area contributed by atoms with Crippen LogP contribution in [0.25, 0.3) is 11.1 Å². The van der Waals surface area contributed by atoms with Crippen LogP contribution in [0, 0.1) is 13.8 Å². The third kappa shape index (κ3) is 5.38. The second kappa shape index (κ2) is 9.44. The van der Waals surface area contributed by atoms with Gasteiger partial charge in [0.05, 0.1) is 0 Å². The van der Waals surface area contributed by atoms with Gasteiger partial charge in [0.1, 0.15) is 12.4 Å². The van der Waals surface area contributed by atoms with Crippen molar-refractivity contribution in [2.45, 2.75) is 25.3 Å². The van der Waals surface area contributed by atoms with Gasteiger partial charge < -0.3 is 9.84 Å². The fourth-order valence-corrected chi connectivity index (χ4v) is 3.54. The lowest BCUT2D eigenvalue weighted by atomic mass is 9.95. The number of aryl methyl sites for hydroxylation is 2. The van der Waals surface area contributed by atoms with Crippen molar-refractivity contribution in [1.29, 1.82) is 0 Å². The minimum absolute atomic E-state index is 0.334. The Kier molecular flexibility index (Phi) is 6.74. The van der Waals surface area contributed by atoms with Gasteiger partial charge in [-0.2, -0.15) is 0 Å². The summed E-state index contributed by atoms with van der Waals surface area (Å²) in [5.74, 6) is -0.240. The number of rotatable bonds is 8. The summed E-state index contributed by atoms with van der Waals surface area (Å²) in [6.45, 7) is 4.40. The van der Waals surface area contributed by atoms with Crippen molar-refractivity contribution in [1.82, 2.24) is 0 Å². The highest BCUT2D eigenvalue weighted by Crippen LogP contribution is 2.28. The van der Waals surface area contributed by atoms with Gasteiger partial charge >= 0.3 is 5.97 Å². The van der Waals surface area contributed by atoms with E-state index in [9.17, 15) is 4.79 Å². The highest BCUT2D eigenvalue weighted by Gasteiger charge is 2.06. The van der Waals surface area contributed by atoms with E-state index in [1.807, 2.05) is 24.3 Å². The van der Waals surface area contributed by atoms with Gasteiger partial charge in [-0.15, -0.1) is 0 Å². The second-order valence-corrected chi connectivity index (χ2v) is 7.34. The number of benzene rings is 3. The number of ether oxygens (including phenoxy) is 1. The molecule has 3 aromatic rings. The van der Waals surface area contributed by atoms with E-state index in [2.05, 4.69) is 56.3 Å². The summed E-state index contributed by atoms with van der Waals surface area (Å²) in [6.07, 6.45) is 0. The first kappa shape index (κ1) is 20.0. The maximum atomic E-state index is 10.5. The lowest BCUT2D eigenvalue weighted by Gasteiger charge is -2.12. The monoisotopic (exact) mass is 394 g/mol. The smallest absolute Gasteiger partial charge is 0.331 e. The molecule has 0 aromatic heterocycles. The van der Waals surface area contributed by atoms with Crippen molar-refractivity contribution < 1.29 is 18.8 Å². The molecule has 144 valence electrons. The maximum Gasteiger partial charge on any atom is 0.331 e. The third-order valence-electron chi connectivity index (χ3n) is 4.26. The number of carbonyl (C=O) groups is 1. The van der Waals surface area contributed by atoms with Crippen LogP contribution in [-0.2, 0) is 15.6 Å². The predicted octanol–water partition coefficient (Wildman–Crippen LogP) is 5.66. The Morgan fingerprint density at radius 2 is 1.64 bits per heavy atom. The van der Waals surface area contributed by atoms with Gasteiger partial charge in [-0.25, -0.2) is 4.79 Å². The first-order valence-electron chi connectivity index (χ1n) is 8.92. The van der Waals surface area contributed by atoms with Crippen molar-refractivity contribution in [3.05, 3.63) is 83.4 Å². The quantitative estimate of drug-likeness (QED) is 0.500. The standard InChI is InChI=1S/C23H22O4S/c1-16-5-3-6-17(2)23(16)19-8-4-7-18(13-19)14-26-20-9-11-21(12-10-20)28-27-15-22(24)25/h3-13H,14-15H2,1-2H3,(H,24,25). The van der Waals surface area contributed by atoms with E-state index in [0.29, 0.717) is 6.61 Å². The van der Waals surface area contributed by atoms with E-state index in [4.69, 9.17) is 14.0 Å². The Morgan fingerprint density at radius 1 is 0.964 bits per heavy atom. The molecule has 0 amide bonds. The summed E-state index contributed by atoms with van der Waals surface area (Å²) in [4.78, 5) is 11.3. The van der Waals surface area contributed by atoms with Crippen LogP contribution in [0.2, 0.25) is 0 Å². The predicted molar refractivity (Wildman–Crippen MR) is 112 cm³/mol. The van der Waals surface area contributed by atoms with E-state index < -0.39 is 5.97 Å². The normalized spacial score (nSPS) is 10.6. The van der Waals surface area contributed by atoms with Gasteiger partial charge in [0.2, 0.25) is 0 Å². The summed E-state index contributed by atoms with van der Waals surface area (Å²) >= 11 is 1.04. The molecule has 0 fully saturated rings. The van der Waals surface area contributed by atoms with Crippen molar-refractivity contribution >= 4 is 18.0 Å². The number of hydrogen-bond acceptors (Lipinski definition) is 4. The SMILES string of the molecule is Cc1cccc(C)c1-c1cccc(COc2ccc(SOCC(=O)O)cc2)c1. The first-order chi connectivity index (χ1) is 13.5. The average molecular weight is 394 g/mol. The summed E-state index contributed by atoms with van der Waals surface area (Å²) in [5, 5.41) is 8.58. The van der Waals surface area contributed by atoms with Gasteiger partial charge in [0, 0.05) is 16.9 Å². The number of carboxylic acids is 1. The van der Waals surface area contributed by atoms with E-state index >= 15 is 0 Å². The zero-order valence-electron chi connectivity index (χ0n) is 15.8. The molecule has 0 aliphatic rings. The van der Waals surface area contributed by atoms with Gasteiger partial charge in [0.15, 0.2) is 6.61 Å². The zero-order valence-corrected chi connectivity index (χ0v) is 16.7. The molecule has 0 spiro atoms. The van der Waals surface area contributed by atoms with Gasteiger partial charge in [-0.1, -0.05) is 36.4 Å². The van der Waals surface area contributed by atoms with Crippen LogP contribution in [-0.4, -0.2) is 17.7 Å². The van der Waals surface area contributed by atoms with E-state index in [1.165, 1.54) is 22.3 Å². The molecule has 0 aliphatic carbocycles. The third-order valence-corrected chi connectivity index (χ3v) is 4.96. The lowest BCUT2D eigenvalue weighted by Crippen LogP contribution is -2.02. The Bertz CT molecular complexity index is 931. The maximum absolute atomic E-state index is 10.5. The van der Waals surface area contributed by atoms with Crippen LogP contribution < -0.4 is 4.74 Å². The molecule has 0 aliphatic heterocycles. The summed E-state index contributed by atoms with van der Waals surface area (Å²) in [7, 11) is 0. The Hall–Kier alpha value is -2.76. The van der Waals surface area contributed by atoms with Gasteiger partial charge in [0.25, 0.3) is 0 Å². The largest absolute Gasteiger partial charge is 0.489 e. The first-order valence-corrected chi connectivity index (χ1v) is 9.67. The topological polar surface area (TPSA) is 55.8 Å². The van der Waals surface area contributed by atoms with Crippen LogP contribution in [0.4, 0.5) is 0 Å². The molecular formula is C23H22O4S. The van der Waals surface area contributed by atoms with Crippen LogP contribution >= 0.6 is 12.0 Å². The van der Waals surface area contributed by atoms with Crippen LogP contribution in [0.5, 0.6) is 5.75 Å². The van der Waals surface area contributed by atoms with Crippen LogP contribution in [0.3, 0.4) is 0 Å². The van der Waals surface area contributed by atoms with Gasteiger partial charge in [-0.05, 0) is 72.0 Å². The van der Waals surface area contributed by atoms with Crippen molar-refractivity contribution in [2.24, 2.45) is 0 Å². The molecule has 0 bridgehead atoms. The number of carboxylic acid groups (broad SMARTS) is 1. The summed E-state index contributed by atoms with van der Waals surface area (Å²) < 4.78 is 10.9. The molecule has 0 saturated carbocycles. The molecular weight excluding hydrogens is 372 g/mol. The summed E-state index contributed by atoms with van der Waals surface area (Å²) in [5.41, 5.74) is 6.09. The fourth-order valence-electron chi connectivity index (χ4n) is 2.99. The molecule has 0 unspecified atom stereocenters. The fraction of sp³-hybridized carbons (Fsp3) is 0.174.